The second-order valence-electron chi connectivity index (χ2n) is 16.5. The Morgan fingerprint density at radius 3 is 2.15 bits per heavy atom. The Kier molecular flexibility index (Phi) is 20.2. The molecule has 0 aromatic carbocycles. The molecule has 16 nitrogen and oxygen atoms in total. The third-order valence-electron chi connectivity index (χ3n) is 11.5. The minimum atomic E-state index is -1.32. The van der Waals surface area contributed by atoms with E-state index >= 15 is 0 Å². The summed E-state index contributed by atoms with van der Waals surface area (Å²) in [6.45, 7) is 13.1. The Bertz CT molecular complexity index is 1560. The smallest absolute Gasteiger partial charge is 0.334 e. The summed E-state index contributed by atoms with van der Waals surface area (Å²) in [6, 6.07) is -0.757. The van der Waals surface area contributed by atoms with Gasteiger partial charge in [-0.05, 0) is 79.1 Å². The number of carbonyl (C=O) groups excluding carboxylic acids is 4. The lowest BCUT2D eigenvalue weighted by molar-refractivity contribution is -0.306. The van der Waals surface area contributed by atoms with E-state index in [9.17, 15) is 34.5 Å². The van der Waals surface area contributed by atoms with Gasteiger partial charge >= 0.3 is 11.9 Å². The van der Waals surface area contributed by atoms with Gasteiger partial charge in [-0.2, -0.15) is 0 Å². The zero-order valence-electron chi connectivity index (χ0n) is 37.2. The van der Waals surface area contributed by atoms with Gasteiger partial charge in [0.15, 0.2) is 30.3 Å². The van der Waals surface area contributed by atoms with Crippen molar-refractivity contribution in [3.05, 3.63) is 47.8 Å². The number of esters is 2. The van der Waals surface area contributed by atoms with Crippen LogP contribution in [0.15, 0.2) is 47.8 Å². The van der Waals surface area contributed by atoms with Crippen molar-refractivity contribution >= 4 is 23.5 Å². The quantitative estimate of drug-likeness (QED) is 0.178. The molecule has 3 heterocycles. The Balaban J connectivity index is 2.05. The van der Waals surface area contributed by atoms with Crippen molar-refractivity contribution < 1.29 is 72.4 Å². The molecule has 60 heavy (non-hydrogen) atoms. The number of hydrogen-bond donors (Lipinski definition) is 3. The second kappa shape index (κ2) is 23.8. The number of ketones is 2. The van der Waals surface area contributed by atoms with Crippen molar-refractivity contribution in [2.75, 3.05) is 34.9 Å². The maximum absolute atomic E-state index is 13.7. The molecule has 0 saturated carbocycles. The highest BCUT2D eigenvalue weighted by molar-refractivity contribution is 5.91. The first kappa shape index (κ1) is 51.0. The van der Waals surface area contributed by atoms with Crippen molar-refractivity contribution in [3.63, 3.8) is 0 Å². The van der Waals surface area contributed by atoms with Crippen molar-refractivity contribution in [1.29, 1.82) is 0 Å². The summed E-state index contributed by atoms with van der Waals surface area (Å²) in [4.78, 5) is 52.9. The van der Waals surface area contributed by atoms with Crippen LogP contribution in [0.2, 0.25) is 0 Å². The van der Waals surface area contributed by atoms with E-state index in [1.165, 1.54) is 40.2 Å². The Morgan fingerprint density at radius 1 is 0.917 bits per heavy atom. The third-order valence-corrected chi connectivity index (χ3v) is 11.5. The summed E-state index contributed by atoms with van der Waals surface area (Å²) in [5, 5.41) is 33.9. The second-order valence-corrected chi connectivity index (χ2v) is 16.5. The lowest BCUT2D eigenvalue weighted by Gasteiger charge is -2.46. The zero-order chi connectivity index (χ0) is 45.0. The third kappa shape index (κ3) is 13.8. The van der Waals surface area contributed by atoms with E-state index in [1.807, 2.05) is 19.9 Å². The van der Waals surface area contributed by atoms with Crippen LogP contribution in [0.25, 0.3) is 0 Å². The highest BCUT2D eigenvalue weighted by atomic mass is 16.7. The molecule has 2 fully saturated rings. The maximum atomic E-state index is 13.7. The van der Waals surface area contributed by atoms with Gasteiger partial charge in [0.25, 0.3) is 0 Å². The monoisotopic (exact) mass is 851 g/mol. The van der Waals surface area contributed by atoms with Crippen molar-refractivity contribution in [3.8, 4) is 0 Å². The van der Waals surface area contributed by atoms with E-state index in [0.717, 1.165) is 6.08 Å². The fourth-order valence-electron chi connectivity index (χ4n) is 8.17. The van der Waals surface area contributed by atoms with E-state index in [0.29, 0.717) is 12.0 Å². The number of aliphatic hydroxyl groups excluding tert-OH is 3. The molecule has 0 amide bonds. The van der Waals surface area contributed by atoms with Crippen LogP contribution in [0.3, 0.4) is 0 Å². The van der Waals surface area contributed by atoms with Crippen LogP contribution in [0.4, 0.5) is 0 Å². The van der Waals surface area contributed by atoms with E-state index in [-0.39, 0.29) is 36.8 Å². The topological polar surface area (TPSA) is 206 Å². The molecule has 3 aliphatic heterocycles. The van der Waals surface area contributed by atoms with Gasteiger partial charge in [0.2, 0.25) is 0 Å². The van der Waals surface area contributed by atoms with Gasteiger partial charge in [0.05, 0.1) is 43.1 Å². The molecule has 0 aromatic rings. The number of rotatable bonds is 13. The molecule has 16 heteroatoms. The van der Waals surface area contributed by atoms with Gasteiger partial charge in [-0.3, -0.25) is 14.4 Å². The van der Waals surface area contributed by atoms with Crippen molar-refractivity contribution in [1.82, 2.24) is 4.90 Å². The summed E-state index contributed by atoms with van der Waals surface area (Å²) in [5.41, 5.74) is 0.681. The average Bonchev–Trinajstić information content (AvgIpc) is 3.17. The highest BCUT2D eigenvalue weighted by Gasteiger charge is 2.49. The Hall–Kier alpha value is -3.32. The first-order valence-electron chi connectivity index (χ1n) is 20.8. The van der Waals surface area contributed by atoms with E-state index < -0.39 is 109 Å². The fraction of sp³-hybridized carbons (Fsp3) is 0.727. The van der Waals surface area contributed by atoms with Crippen LogP contribution in [0.1, 0.15) is 74.7 Å². The number of allylic oxidation sites excluding steroid dienone is 5. The van der Waals surface area contributed by atoms with Crippen LogP contribution in [-0.4, -0.2) is 152 Å². The lowest BCUT2D eigenvalue weighted by atomic mass is 9.81. The van der Waals surface area contributed by atoms with E-state index in [2.05, 4.69) is 0 Å². The lowest BCUT2D eigenvalue weighted by Crippen LogP contribution is -2.63. The van der Waals surface area contributed by atoms with Gasteiger partial charge in [-0.1, -0.05) is 44.6 Å². The summed E-state index contributed by atoms with van der Waals surface area (Å²) < 4.78 is 47.9. The van der Waals surface area contributed by atoms with Crippen LogP contribution < -0.4 is 0 Å². The standard InChI is InChI=1S/C44H69NO15/c1-13-34-31(22-55-44-42(54-12)41(53-11)40(28(7)57-44)58-29(8)47)19-23(2)17-18-32(48)24(3)20-30(16-14-15-25(4)46)39(26(5)33(49)21-35(50)59-34)60-43-38(52)36(45(9)10)37(51)27(6)56-43/h14-15,17-19,21,24,26-28,30-31,34,36-44,49,51-52H,13,16,20,22H2,1-12H3/b15-14+,18-17+,23-19+,33-21+/t24-,26+,27+,28-,30+,31-,34-,36-,37+,38+,39-,40-,41-,42-,43-,44-/m1/s1. The molecule has 0 unspecified atom stereocenters. The van der Waals surface area contributed by atoms with Gasteiger partial charge in [0, 0.05) is 38.9 Å². The molecule has 3 rings (SSSR count). The number of cyclic esters (lactones) is 1. The number of ether oxygens (including phenoxy) is 8. The minimum absolute atomic E-state index is 0.0323. The van der Waals surface area contributed by atoms with Gasteiger partial charge < -0.3 is 58.1 Å². The number of hydrogen-bond acceptors (Lipinski definition) is 16. The predicted molar refractivity (Wildman–Crippen MR) is 219 cm³/mol. The molecule has 0 aliphatic carbocycles. The van der Waals surface area contributed by atoms with Gasteiger partial charge in [-0.15, -0.1) is 0 Å². The number of aliphatic hydroxyl groups is 3. The van der Waals surface area contributed by atoms with Crippen LogP contribution in [-0.2, 0) is 57.1 Å². The molecule has 340 valence electrons. The Morgan fingerprint density at radius 2 is 1.57 bits per heavy atom. The van der Waals surface area contributed by atoms with Gasteiger partial charge in [-0.25, -0.2) is 4.79 Å². The molecular weight excluding hydrogens is 782 g/mol. The Labute approximate surface area is 354 Å². The molecule has 0 aromatic heterocycles. The summed E-state index contributed by atoms with van der Waals surface area (Å²) in [5.74, 6) is -4.70. The molecular formula is C44H69NO15. The molecule has 3 aliphatic rings. The molecule has 16 atom stereocenters. The molecule has 0 radical (unpaired) electrons. The maximum Gasteiger partial charge on any atom is 0.334 e. The largest absolute Gasteiger partial charge is 0.512 e. The summed E-state index contributed by atoms with van der Waals surface area (Å²) >= 11 is 0. The summed E-state index contributed by atoms with van der Waals surface area (Å²) in [6.07, 6.45) is -0.0935. The number of carbonyl (C=O) groups is 4. The number of likely N-dealkylation sites (N-methyl/N-ethyl adjacent to an activating group) is 1. The predicted octanol–water partition coefficient (Wildman–Crippen LogP) is 3.77. The first-order valence-corrected chi connectivity index (χ1v) is 20.8. The zero-order valence-corrected chi connectivity index (χ0v) is 37.2. The molecule has 2 saturated heterocycles. The molecule has 0 bridgehead atoms. The first-order chi connectivity index (χ1) is 28.2. The highest BCUT2D eigenvalue weighted by Crippen LogP contribution is 2.35. The average molecular weight is 852 g/mol. The normalized spacial score (nSPS) is 40.0. The summed E-state index contributed by atoms with van der Waals surface area (Å²) in [7, 11) is 6.37. The molecule has 3 N–H and O–H groups in total. The molecule has 0 spiro atoms. The number of nitrogens with zero attached hydrogens (tertiary/aromatic N) is 1. The minimum Gasteiger partial charge on any atom is -0.512 e. The van der Waals surface area contributed by atoms with Gasteiger partial charge in [0.1, 0.15) is 30.2 Å². The van der Waals surface area contributed by atoms with Crippen molar-refractivity contribution in [2.45, 2.75) is 148 Å². The van der Waals surface area contributed by atoms with Crippen LogP contribution >= 0.6 is 0 Å². The van der Waals surface area contributed by atoms with Crippen LogP contribution in [0.5, 0.6) is 0 Å². The SMILES string of the molecule is CC[C@H]1OC(=O)/C=C(/O)[C@H](C)[C@@H](O[C@H]2O[C@@H](C)[C@H](O)[C@@H](N(C)C)[C@@H]2O)[C@@H](C/C=C/C(C)=O)C[C@@H](C)C(=O)/C=C/C(C)=C/[C@@H]1CO[C@@H]1O[C@H](C)[C@@H](OC(C)=O)[C@@H](OC)[C@H]1OC. The number of methoxy groups -OCH3 is 2. The van der Waals surface area contributed by atoms with Crippen molar-refractivity contribution in [2.24, 2.45) is 23.7 Å². The van der Waals surface area contributed by atoms with E-state index in [1.54, 1.807) is 58.8 Å². The van der Waals surface area contributed by atoms with E-state index in [4.69, 9.17) is 37.9 Å². The fourth-order valence-corrected chi connectivity index (χ4v) is 8.17. The van der Waals surface area contributed by atoms with Crippen LogP contribution in [0, 0.1) is 23.7 Å².